The van der Waals surface area contributed by atoms with E-state index in [1.165, 1.54) is 52.8 Å². The lowest BCUT2D eigenvalue weighted by atomic mass is 10.0. The molecule has 184 valence electrons. The average Bonchev–Trinajstić information content (AvgIpc) is 3.28. The minimum atomic E-state index is -3.80. The van der Waals surface area contributed by atoms with E-state index in [1.54, 1.807) is 0 Å². The highest BCUT2D eigenvalue weighted by Gasteiger charge is 2.36. The van der Waals surface area contributed by atoms with E-state index >= 15 is 0 Å². The molecule has 2 N–H and O–H groups in total. The number of nitrogens with zero attached hydrogens (tertiary/aromatic N) is 1. The van der Waals surface area contributed by atoms with Crippen LogP contribution < -0.4 is 10.0 Å². The van der Waals surface area contributed by atoms with Gasteiger partial charge in [-0.1, -0.05) is 18.0 Å². The molecule has 1 heterocycles. The summed E-state index contributed by atoms with van der Waals surface area (Å²) in [5, 5.41) is 3.22. The Labute approximate surface area is 204 Å². The molecule has 2 aromatic carbocycles. The molecule has 1 aliphatic heterocycles. The molecule has 2 fully saturated rings. The first-order valence-electron chi connectivity index (χ1n) is 10.9. The van der Waals surface area contributed by atoms with Gasteiger partial charge in [-0.3, -0.25) is 4.79 Å². The van der Waals surface area contributed by atoms with E-state index in [4.69, 9.17) is 16.3 Å². The number of sulfonamides is 2. The minimum Gasteiger partial charge on any atom is -0.379 e. The summed E-state index contributed by atoms with van der Waals surface area (Å²) in [6.45, 7) is 1.32. The second kappa shape index (κ2) is 10.3. The Kier molecular flexibility index (Phi) is 7.60. The van der Waals surface area contributed by atoms with Crippen LogP contribution in [0, 0.1) is 5.92 Å². The molecule has 2 aliphatic rings. The number of rotatable bonds is 7. The summed E-state index contributed by atoms with van der Waals surface area (Å²) in [5.74, 6) is -0.857. The average molecular weight is 528 g/mol. The number of anilines is 1. The van der Waals surface area contributed by atoms with Crippen molar-refractivity contribution in [1.82, 2.24) is 9.03 Å². The third kappa shape index (κ3) is 5.61. The maximum Gasteiger partial charge on any atom is 0.243 e. The van der Waals surface area contributed by atoms with Gasteiger partial charge in [0, 0.05) is 29.8 Å². The molecule has 2 aromatic rings. The second-order valence-electron chi connectivity index (χ2n) is 8.25. The standard InChI is InChI=1S/C22H26ClN3O6S2/c23-16-4-8-18(9-5-16)33(28,29)25-21-3-1-2-20(21)22(27)24-17-6-10-19(11-7-17)34(30,31)26-12-14-32-15-13-26/h4-11,20-21,25H,1-3,12-15H2,(H,24,27). The first kappa shape index (κ1) is 25.1. The lowest BCUT2D eigenvalue weighted by Gasteiger charge is -2.26. The fourth-order valence-electron chi connectivity index (χ4n) is 4.18. The minimum absolute atomic E-state index is 0.0834. The lowest BCUT2D eigenvalue weighted by Crippen LogP contribution is -2.41. The van der Waals surface area contributed by atoms with Crippen molar-refractivity contribution in [2.45, 2.75) is 35.1 Å². The Morgan fingerprint density at radius 2 is 1.53 bits per heavy atom. The Hall–Kier alpha value is -2.02. The van der Waals surface area contributed by atoms with E-state index in [0.29, 0.717) is 56.3 Å². The second-order valence-corrected chi connectivity index (χ2v) is 12.3. The summed E-state index contributed by atoms with van der Waals surface area (Å²) in [6.07, 6.45) is 1.80. The van der Waals surface area contributed by atoms with E-state index in [-0.39, 0.29) is 15.7 Å². The van der Waals surface area contributed by atoms with Crippen LogP contribution in [0.3, 0.4) is 0 Å². The molecule has 34 heavy (non-hydrogen) atoms. The van der Waals surface area contributed by atoms with Crippen LogP contribution >= 0.6 is 11.6 Å². The number of morpholine rings is 1. The van der Waals surface area contributed by atoms with Gasteiger partial charge in [-0.15, -0.1) is 0 Å². The normalized spacial score (nSPS) is 21.9. The Balaban J connectivity index is 1.41. The molecule has 2 unspecified atom stereocenters. The van der Waals surface area contributed by atoms with Gasteiger partial charge in [-0.25, -0.2) is 21.6 Å². The van der Waals surface area contributed by atoms with Crippen LogP contribution in [-0.2, 0) is 29.6 Å². The first-order valence-corrected chi connectivity index (χ1v) is 14.2. The topological polar surface area (TPSA) is 122 Å². The van der Waals surface area contributed by atoms with Crippen LogP contribution in [0.25, 0.3) is 0 Å². The number of carbonyl (C=O) groups excluding carboxylic acids is 1. The quantitative estimate of drug-likeness (QED) is 0.570. The zero-order valence-corrected chi connectivity index (χ0v) is 20.7. The van der Waals surface area contributed by atoms with Crippen molar-refractivity contribution in [3.05, 3.63) is 53.6 Å². The fourth-order valence-corrected chi connectivity index (χ4v) is 7.02. The molecule has 2 atom stereocenters. The number of carbonyl (C=O) groups is 1. The van der Waals surface area contributed by atoms with Crippen LogP contribution in [0.2, 0.25) is 5.02 Å². The summed E-state index contributed by atoms with van der Waals surface area (Å²) in [7, 11) is -7.43. The van der Waals surface area contributed by atoms with Gasteiger partial charge in [0.25, 0.3) is 0 Å². The number of halogens is 1. The van der Waals surface area contributed by atoms with Crippen molar-refractivity contribution >= 4 is 43.2 Å². The van der Waals surface area contributed by atoms with Gasteiger partial charge in [0.2, 0.25) is 26.0 Å². The molecule has 1 amide bonds. The van der Waals surface area contributed by atoms with Gasteiger partial charge in [-0.2, -0.15) is 4.31 Å². The predicted molar refractivity (Wildman–Crippen MR) is 128 cm³/mol. The van der Waals surface area contributed by atoms with Crippen LogP contribution in [0.15, 0.2) is 58.3 Å². The first-order chi connectivity index (χ1) is 16.2. The number of hydrogen-bond acceptors (Lipinski definition) is 6. The maximum absolute atomic E-state index is 12.9. The Morgan fingerprint density at radius 3 is 2.18 bits per heavy atom. The predicted octanol–water partition coefficient (Wildman–Crippen LogP) is 2.45. The van der Waals surface area contributed by atoms with Gasteiger partial charge < -0.3 is 10.1 Å². The van der Waals surface area contributed by atoms with Gasteiger partial charge in [0.05, 0.1) is 28.9 Å². The number of amides is 1. The summed E-state index contributed by atoms with van der Waals surface area (Å²) < 4.78 is 60.2. The molecule has 0 spiro atoms. The van der Waals surface area contributed by atoms with Crippen molar-refractivity contribution < 1.29 is 26.4 Å². The molecule has 12 heteroatoms. The molecule has 4 rings (SSSR count). The van der Waals surface area contributed by atoms with Crippen LogP contribution in [0.5, 0.6) is 0 Å². The molecule has 0 bridgehead atoms. The summed E-state index contributed by atoms with van der Waals surface area (Å²) in [4.78, 5) is 13.1. The molecular formula is C22H26ClN3O6S2. The van der Waals surface area contributed by atoms with E-state index in [1.807, 2.05) is 0 Å². The molecule has 1 saturated heterocycles. The van der Waals surface area contributed by atoms with Gasteiger partial charge >= 0.3 is 0 Å². The lowest BCUT2D eigenvalue weighted by molar-refractivity contribution is -0.120. The monoisotopic (exact) mass is 527 g/mol. The van der Waals surface area contributed by atoms with Gasteiger partial charge in [0.1, 0.15) is 0 Å². The van der Waals surface area contributed by atoms with Gasteiger partial charge in [0.15, 0.2) is 0 Å². The summed E-state index contributed by atoms with van der Waals surface area (Å²) in [5.41, 5.74) is 0.442. The number of benzene rings is 2. The van der Waals surface area contributed by atoms with E-state index in [9.17, 15) is 21.6 Å². The van der Waals surface area contributed by atoms with Crippen molar-refractivity contribution in [1.29, 1.82) is 0 Å². The number of ether oxygens (including phenoxy) is 1. The Bertz CT molecular complexity index is 1230. The van der Waals surface area contributed by atoms with Crippen LogP contribution in [-0.4, -0.2) is 59.4 Å². The van der Waals surface area contributed by atoms with Crippen molar-refractivity contribution in [2.75, 3.05) is 31.6 Å². The highest BCUT2D eigenvalue weighted by molar-refractivity contribution is 7.89. The third-order valence-electron chi connectivity index (χ3n) is 6.01. The molecule has 1 aliphatic carbocycles. The molecule has 1 saturated carbocycles. The van der Waals surface area contributed by atoms with E-state index in [2.05, 4.69) is 10.0 Å². The molecule has 9 nitrogen and oxygen atoms in total. The zero-order valence-electron chi connectivity index (χ0n) is 18.3. The van der Waals surface area contributed by atoms with Gasteiger partial charge in [-0.05, 0) is 61.4 Å². The molecular weight excluding hydrogens is 502 g/mol. The van der Waals surface area contributed by atoms with Crippen molar-refractivity contribution in [2.24, 2.45) is 5.92 Å². The van der Waals surface area contributed by atoms with Crippen LogP contribution in [0.1, 0.15) is 19.3 Å². The van der Waals surface area contributed by atoms with E-state index in [0.717, 1.165) is 0 Å². The molecule has 0 radical (unpaired) electrons. The van der Waals surface area contributed by atoms with Crippen molar-refractivity contribution in [3.63, 3.8) is 0 Å². The maximum atomic E-state index is 12.9. The smallest absolute Gasteiger partial charge is 0.243 e. The Morgan fingerprint density at radius 1 is 0.912 bits per heavy atom. The molecule has 0 aromatic heterocycles. The largest absolute Gasteiger partial charge is 0.379 e. The summed E-state index contributed by atoms with van der Waals surface area (Å²) in [6, 6.07) is 11.3. The highest BCUT2D eigenvalue weighted by atomic mass is 35.5. The fraction of sp³-hybridized carbons (Fsp3) is 0.409. The van der Waals surface area contributed by atoms with Crippen molar-refractivity contribution in [3.8, 4) is 0 Å². The van der Waals surface area contributed by atoms with E-state index < -0.39 is 32.0 Å². The SMILES string of the molecule is O=C(Nc1ccc(S(=O)(=O)N2CCOCC2)cc1)C1CCCC1NS(=O)(=O)c1ccc(Cl)cc1. The third-order valence-corrected chi connectivity index (χ3v) is 9.68. The summed E-state index contributed by atoms with van der Waals surface area (Å²) >= 11 is 5.84. The number of nitrogens with one attached hydrogen (secondary N) is 2. The highest BCUT2D eigenvalue weighted by Crippen LogP contribution is 2.29. The zero-order chi connectivity index (χ0) is 24.3. The number of hydrogen-bond donors (Lipinski definition) is 2. The van der Waals surface area contributed by atoms with Crippen LogP contribution in [0.4, 0.5) is 5.69 Å².